The van der Waals surface area contributed by atoms with Crippen LogP contribution in [0.25, 0.3) is 0 Å². The summed E-state index contributed by atoms with van der Waals surface area (Å²) in [5, 5.41) is 0.837. The van der Waals surface area contributed by atoms with E-state index in [-0.39, 0.29) is 6.04 Å². The second kappa shape index (κ2) is 8.09. The SMILES string of the molecule is CCCc1ccc(C(N)CSC2CCCC(C)C2)cc1. The lowest BCUT2D eigenvalue weighted by Crippen LogP contribution is -2.19. The summed E-state index contributed by atoms with van der Waals surface area (Å²) in [6, 6.07) is 9.12. The van der Waals surface area contributed by atoms with Crippen molar-refractivity contribution in [2.45, 2.75) is 63.7 Å². The predicted octanol–water partition coefficient (Wildman–Crippen LogP) is 4.95. The van der Waals surface area contributed by atoms with Crippen molar-refractivity contribution in [2.24, 2.45) is 11.7 Å². The smallest absolute Gasteiger partial charge is 0.0386 e. The molecule has 112 valence electrons. The van der Waals surface area contributed by atoms with Crippen molar-refractivity contribution >= 4 is 11.8 Å². The van der Waals surface area contributed by atoms with Crippen LogP contribution >= 0.6 is 11.8 Å². The summed E-state index contributed by atoms with van der Waals surface area (Å²) in [5.74, 6) is 1.97. The van der Waals surface area contributed by atoms with E-state index in [0.29, 0.717) is 0 Å². The summed E-state index contributed by atoms with van der Waals surface area (Å²) in [5.41, 5.74) is 9.07. The Hall–Kier alpha value is -0.470. The van der Waals surface area contributed by atoms with Crippen LogP contribution in [-0.2, 0) is 6.42 Å². The third-order valence-electron chi connectivity index (χ3n) is 4.35. The molecule has 1 aliphatic rings. The number of nitrogens with two attached hydrogens (primary N) is 1. The van der Waals surface area contributed by atoms with E-state index in [4.69, 9.17) is 5.73 Å². The Kier molecular flexibility index (Phi) is 6.44. The van der Waals surface area contributed by atoms with Gasteiger partial charge in [0, 0.05) is 17.0 Å². The van der Waals surface area contributed by atoms with Crippen LogP contribution in [0.1, 0.15) is 63.1 Å². The van der Waals surface area contributed by atoms with Crippen molar-refractivity contribution in [1.29, 1.82) is 0 Å². The Bertz CT molecular complexity index is 387. The lowest BCUT2D eigenvalue weighted by Gasteiger charge is -2.27. The van der Waals surface area contributed by atoms with Crippen molar-refractivity contribution in [1.82, 2.24) is 0 Å². The van der Waals surface area contributed by atoms with Crippen molar-refractivity contribution < 1.29 is 0 Å². The topological polar surface area (TPSA) is 26.0 Å². The van der Waals surface area contributed by atoms with Crippen LogP contribution in [0.15, 0.2) is 24.3 Å². The van der Waals surface area contributed by atoms with Gasteiger partial charge in [-0.15, -0.1) is 0 Å². The predicted molar refractivity (Wildman–Crippen MR) is 91.2 cm³/mol. The second-order valence-electron chi connectivity index (χ2n) is 6.33. The normalized spacial score (nSPS) is 24.6. The highest BCUT2D eigenvalue weighted by atomic mass is 32.2. The summed E-state index contributed by atoms with van der Waals surface area (Å²) in [7, 11) is 0. The summed E-state index contributed by atoms with van der Waals surface area (Å²) < 4.78 is 0. The second-order valence-corrected chi connectivity index (χ2v) is 7.66. The van der Waals surface area contributed by atoms with Gasteiger partial charge in [-0.25, -0.2) is 0 Å². The molecule has 1 nitrogen and oxygen atoms in total. The van der Waals surface area contributed by atoms with Crippen molar-refractivity contribution in [3.8, 4) is 0 Å². The summed E-state index contributed by atoms with van der Waals surface area (Å²) in [6.45, 7) is 4.61. The third-order valence-corrected chi connectivity index (χ3v) is 5.80. The zero-order valence-corrected chi connectivity index (χ0v) is 13.8. The minimum atomic E-state index is 0.188. The fraction of sp³-hybridized carbons (Fsp3) is 0.667. The standard InChI is InChI=1S/C18H29NS/c1-3-5-15-8-10-16(11-9-15)18(19)13-20-17-7-4-6-14(2)12-17/h8-11,14,17-18H,3-7,12-13,19H2,1-2H3. The first-order valence-electron chi connectivity index (χ1n) is 8.15. The zero-order chi connectivity index (χ0) is 14.4. The molecule has 0 bridgehead atoms. The van der Waals surface area contributed by atoms with Crippen LogP contribution in [0.3, 0.4) is 0 Å². The number of rotatable bonds is 6. The lowest BCUT2D eigenvalue weighted by atomic mass is 9.91. The molecule has 1 aromatic carbocycles. The average molecular weight is 292 g/mol. The van der Waals surface area contributed by atoms with E-state index in [1.807, 2.05) is 0 Å². The van der Waals surface area contributed by atoms with E-state index < -0.39 is 0 Å². The molecule has 2 N–H and O–H groups in total. The molecule has 0 aliphatic heterocycles. The van der Waals surface area contributed by atoms with Gasteiger partial charge in [-0.2, -0.15) is 11.8 Å². The zero-order valence-electron chi connectivity index (χ0n) is 13.0. The summed E-state index contributed by atoms with van der Waals surface area (Å²) in [4.78, 5) is 0. The van der Waals surface area contributed by atoms with E-state index in [0.717, 1.165) is 16.9 Å². The molecule has 0 aromatic heterocycles. The highest BCUT2D eigenvalue weighted by molar-refractivity contribution is 7.99. The molecule has 2 rings (SSSR count). The summed E-state index contributed by atoms with van der Waals surface area (Å²) >= 11 is 2.09. The van der Waals surface area contributed by atoms with Crippen molar-refractivity contribution in [3.63, 3.8) is 0 Å². The molecule has 0 saturated heterocycles. The lowest BCUT2D eigenvalue weighted by molar-refractivity contribution is 0.394. The maximum Gasteiger partial charge on any atom is 0.0386 e. The Morgan fingerprint density at radius 1 is 1.25 bits per heavy atom. The Balaban J connectivity index is 1.80. The average Bonchev–Trinajstić information content (AvgIpc) is 2.46. The molecule has 0 radical (unpaired) electrons. The number of aryl methyl sites for hydroxylation is 1. The number of hydrogen-bond acceptors (Lipinski definition) is 2. The van der Waals surface area contributed by atoms with Gasteiger partial charge in [0.15, 0.2) is 0 Å². The van der Waals surface area contributed by atoms with E-state index in [1.54, 1.807) is 0 Å². The number of benzene rings is 1. The molecular weight excluding hydrogens is 262 g/mol. The Labute approximate surface area is 128 Å². The minimum Gasteiger partial charge on any atom is -0.323 e. The number of thioether (sulfide) groups is 1. The van der Waals surface area contributed by atoms with Crippen LogP contribution < -0.4 is 5.73 Å². The molecule has 0 amide bonds. The van der Waals surface area contributed by atoms with Gasteiger partial charge in [0.25, 0.3) is 0 Å². The summed E-state index contributed by atoms with van der Waals surface area (Å²) in [6.07, 6.45) is 7.97. The van der Waals surface area contributed by atoms with Gasteiger partial charge < -0.3 is 5.73 Å². The third kappa shape index (κ3) is 4.82. The quantitative estimate of drug-likeness (QED) is 0.802. The first-order valence-corrected chi connectivity index (χ1v) is 9.20. The Morgan fingerprint density at radius 3 is 2.65 bits per heavy atom. The molecular formula is C18H29NS. The fourth-order valence-electron chi connectivity index (χ4n) is 3.09. The van der Waals surface area contributed by atoms with Crippen LogP contribution in [0.2, 0.25) is 0 Å². The molecule has 1 saturated carbocycles. The largest absolute Gasteiger partial charge is 0.323 e. The highest BCUT2D eigenvalue weighted by Crippen LogP contribution is 2.33. The fourth-order valence-corrected chi connectivity index (χ4v) is 4.56. The Morgan fingerprint density at radius 2 is 2.00 bits per heavy atom. The van der Waals surface area contributed by atoms with Gasteiger partial charge >= 0.3 is 0 Å². The van der Waals surface area contributed by atoms with Gasteiger partial charge in [-0.05, 0) is 36.3 Å². The highest BCUT2D eigenvalue weighted by Gasteiger charge is 2.20. The van der Waals surface area contributed by atoms with Gasteiger partial charge in [0.1, 0.15) is 0 Å². The van der Waals surface area contributed by atoms with E-state index >= 15 is 0 Å². The molecule has 3 unspecified atom stereocenters. The molecule has 1 fully saturated rings. The first-order chi connectivity index (χ1) is 9.69. The monoisotopic (exact) mass is 291 g/mol. The van der Waals surface area contributed by atoms with Crippen LogP contribution in [0.4, 0.5) is 0 Å². The van der Waals surface area contributed by atoms with E-state index in [1.165, 1.54) is 49.7 Å². The van der Waals surface area contributed by atoms with Crippen LogP contribution in [0, 0.1) is 5.92 Å². The molecule has 1 aromatic rings. The first kappa shape index (κ1) is 15.9. The molecule has 0 spiro atoms. The molecule has 0 heterocycles. The van der Waals surface area contributed by atoms with Gasteiger partial charge in [-0.1, -0.05) is 57.4 Å². The maximum absolute atomic E-state index is 6.35. The minimum absolute atomic E-state index is 0.188. The van der Waals surface area contributed by atoms with E-state index in [9.17, 15) is 0 Å². The molecule has 20 heavy (non-hydrogen) atoms. The van der Waals surface area contributed by atoms with Crippen molar-refractivity contribution in [2.75, 3.05) is 5.75 Å². The number of hydrogen-bond donors (Lipinski definition) is 1. The molecule has 2 heteroatoms. The van der Waals surface area contributed by atoms with Crippen LogP contribution in [0.5, 0.6) is 0 Å². The molecule has 1 aliphatic carbocycles. The van der Waals surface area contributed by atoms with E-state index in [2.05, 4.69) is 49.9 Å². The molecule has 3 atom stereocenters. The van der Waals surface area contributed by atoms with Gasteiger partial charge in [0.05, 0.1) is 0 Å². The van der Waals surface area contributed by atoms with Gasteiger partial charge in [-0.3, -0.25) is 0 Å². The maximum atomic E-state index is 6.35. The van der Waals surface area contributed by atoms with Gasteiger partial charge in [0.2, 0.25) is 0 Å². The van der Waals surface area contributed by atoms with Crippen LogP contribution in [-0.4, -0.2) is 11.0 Å². The van der Waals surface area contributed by atoms with Crippen molar-refractivity contribution in [3.05, 3.63) is 35.4 Å².